The van der Waals surface area contributed by atoms with E-state index < -0.39 is 0 Å². The van der Waals surface area contributed by atoms with E-state index >= 15 is 0 Å². The Balaban J connectivity index is 2.26. The minimum absolute atomic E-state index is 0.745. The van der Waals surface area contributed by atoms with E-state index in [1.807, 2.05) is 13.0 Å². The molecule has 0 spiro atoms. The minimum Gasteiger partial charge on any atom is -0.496 e. The van der Waals surface area contributed by atoms with Crippen LogP contribution in [0.4, 0.5) is 0 Å². The van der Waals surface area contributed by atoms with Crippen molar-refractivity contribution in [3.05, 3.63) is 27.8 Å². The quantitative estimate of drug-likeness (QED) is 0.905. The molecule has 0 amide bonds. The summed E-state index contributed by atoms with van der Waals surface area (Å²) in [5.74, 6) is 1.73. The first-order valence-electron chi connectivity index (χ1n) is 6.66. The molecule has 1 heterocycles. The second-order valence-corrected chi connectivity index (χ2v) is 5.62. The molecule has 1 aliphatic heterocycles. The molecule has 0 aliphatic carbocycles. The summed E-state index contributed by atoms with van der Waals surface area (Å²) in [6, 6.07) is 2.03. The molecule has 0 unspecified atom stereocenters. The molecule has 3 heteroatoms. The summed E-state index contributed by atoms with van der Waals surface area (Å²) in [5.41, 5.74) is 3.60. The van der Waals surface area contributed by atoms with E-state index in [9.17, 15) is 0 Å². The van der Waals surface area contributed by atoms with Gasteiger partial charge in [0.25, 0.3) is 0 Å². The number of rotatable bonds is 3. The lowest BCUT2D eigenvalue weighted by Gasteiger charge is -2.24. The van der Waals surface area contributed by atoms with Crippen LogP contribution in [-0.2, 0) is 6.42 Å². The van der Waals surface area contributed by atoms with Gasteiger partial charge in [0.1, 0.15) is 5.75 Å². The smallest absolute Gasteiger partial charge is 0.125 e. The Bertz CT molecular complexity index is 425. The molecule has 0 atom stereocenters. The highest BCUT2D eigenvalue weighted by atomic mass is 35.5. The van der Waals surface area contributed by atoms with Crippen molar-refractivity contribution in [2.24, 2.45) is 5.92 Å². The first-order valence-corrected chi connectivity index (χ1v) is 7.04. The average molecular weight is 268 g/mol. The van der Waals surface area contributed by atoms with Crippen LogP contribution in [0, 0.1) is 19.8 Å². The molecule has 18 heavy (non-hydrogen) atoms. The molecule has 0 saturated carbocycles. The summed E-state index contributed by atoms with van der Waals surface area (Å²) < 4.78 is 5.49. The molecule has 1 fully saturated rings. The third-order valence-electron chi connectivity index (χ3n) is 3.94. The van der Waals surface area contributed by atoms with Crippen LogP contribution in [0.2, 0.25) is 5.02 Å². The van der Waals surface area contributed by atoms with Crippen molar-refractivity contribution in [2.75, 3.05) is 20.2 Å². The molecule has 0 bridgehead atoms. The maximum absolute atomic E-state index is 6.41. The number of halogens is 1. The number of piperidine rings is 1. The Kier molecular flexibility index (Phi) is 4.52. The Labute approximate surface area is 115 Å². The van der Waals surface area contributed by atoms with E-state index in [1.165, 1.54) is 24.0 Å². The molecule has 100 valence electrons. The molecule has 0 radical (unpaired) electrons. The standard InChI is InChI=1S/C15H22ClNO/c1-10-8-14(16)13(11(2)15(10)18-3)9-12-4-6-17-7-5-12/h8,12,17H,4-7,9H2,1-3H3. The fourth-order valence-electron chi connectivity index (χ4n) is 2.89. The summed E-state index contributed by atoms with van der Waals surface area (Å²) in [5, 5.41) is 4.30. The van der Waals surface area contributed by atoms with Crippen molar-refractivity contribution in [1.29, 1.82) is 0 Å². The summed E-state index contributed by atoms with van der Waals surface area (Å²) in [4.78, 5) is 0. The van der Waals surface area contributed by atoms with Crippen LogP contribution >= 0.6 is 11.6 Å². The zero-order valence-electron chi connectivity index (χ0n) is 11.5. The molecule has 2 nitrogen and oxygen atoms in total. The summed E-state index contributed by atoms with van der Waals surface area (Å²) in [6.45, 7) is 6.43. The van der Waals surface area contributed by atoms with E-state index in [0.717, 1.165) is 41.8 Å². The van der Waals surface area contributed by atoms with Gasteiger partial charge in [-0.1, -0.05) is 11.6 Å². The van der Waals surface area contributed by atoms with Gasteiger partial charge in [-0.25, -0.2) is 0 Å². The van der Waals surface area contributed by atoms with Gasteiger partial charge in [-0.15, -0.1) is 0 Å². The van der Waals surface area contributed by atoms with Gasteiger partial charge in [-0.2, -0.15) is 0 Å². The van der Waals surface area contributed by atoms with E-state index in [4.69, 9.17) is 16.3 Å². The molecule has 1 aromatic carbocycles. The number of ether oxygens (including phenoxy) is 1. The Hall–Kier alpha value is -0.730. The Morgan fingerprint density at radius 2 is 2.00 bits per heavy atom. The van der Waals surface area contributed by atoms with Gasteiger partial charge in [0.15, 0.2) is 0 Å². The van der Waals surface area contributed by atoms with Crippen molar-refractivity contribution in [3.8, 4) is 5.75 Å². The lowest BCUT2D eigenvalue weighted by Crippen LogP contribution is -2.28. The molecular formula is C15H22ClNO. The molecule has 2 rings (SSSR count). The zero-order valence-corrected chi connectivity index (χ0v) is 12.2. The number of aryl methyl sites for hydroxylation is 1. The molecule has 1 saturated heterocycles. The maximum atomic E-state index is 6.41. The normalized spacial score (nSPS) is 16.9. The lowest BCUT2D eigenvalue weighted by molar-refractivity contribution is 0.370. The van der Waals surface area contributed by atoms with Crippen LogP contribution in [0.3, 0.4) is 0 Å². The monoisotopic (exact) mass is 267 g/mol. The lowest BCUT2D eigenvalue weighted by atomic mass is 9.88. The molecule has 1 aliphatic rings. The van der Waals surface area contributed by atoms with Crippen LogP contribution in [0.25, 0.3) is 0 Å². The number of nitrogens with one attached hydrogen (secondary N) is 1. The summed E-state index contributed by atoms with van der Waals surface area (Å²) in [7, 11) is 1.73. The number of hydrogen-bond donors (Lipinski definition) is 1. The predicted molar refractivity (Wildman–Crippen MR) is 76.8 cm³/mol. The minimum atomic E-state index is 0.745. The van der Waals surface area contributed by atoms with Crippen LogP contribution in [-0.4, -0.2) is 20.2 Å². The van der Waals surface area contributed by atoms with Crippen LogP contribution in [0.1, 0.15) is 29.5 Å². The van der Waals surface area contributed by atoms with Gasteiger partial charge in [-0.3, -0.25) is 0 Å². The van der Waals surface area contributed by atoms with E-state index in [2.05, 4.69) is 12.2 Å². The Morgan fingerprint density at radius 1 is 1.33 bits per heavy atom. The largest absolute Gasteiger partial charge is 0.496 e. The van der Waals surface area contributed by atoms with Gasteiger partial charge in [0.05, 0.1) is 7.11 Å². The first kappa shape index (κ1) is 13.7. The van der Waals surface area contributed by atoms with Crippen LogP contribution in [0.15, 0.2) is 6.07 Å². The van der Waals surface area contributed by atoms with Gasteiger partial charge < -0.3 is 10.1 Å². The Morgan fingerprint density at radius 3 is 2.61 bits per heavy atom. The number of benzene rings is 1. The highest BCUT2D eigenvalue weighted by Crippen LogP contribution is 2.34. The molecular weight excluding hydrogens is 246 g/mol. The van der Waals surface area contributed by atoms with Gasteiger partial charge >= 0.3 is 0 Å². The fraction of sp³-hybridized carbons (Fsp3) is 0.600. The third kappa shape index (κ3) is 2.81. The summed E-state index contributed by atoms with van der Waals surface area (Å²) >= 11 is 6.41. The fourth-order valence-corrected chi connectivity index (χ4v) is 3.28. The zero-order chi connectivity index (χ0) is 13.1. The molecule has 1 aromatic rings. The summed E-state index contributed by atoms with van der Waals surface area (Å²) in [6.07, 6.45) is 3.56. The van der Waals surface area contributed by atoms with Crippen molar-refractivity contribution in [1.82, 2.24) is 5.32 Å². The third-order valence-corrected chi connectivity index (χ3v) is 4.28. The highest BCUT2D eigenvalue weighted by Gasteiger charge is 2.19. The second-order valence-electron chi connectivity index (χ2n) is 5.21. The van der Waals surface area contributed by atoms with Gasteiger partial charge in [-0.05, 0) is 74.9 Å². The number of methoxy groups -OCH3 is 1. The van der Waals surface area contributed by atoms with Crippen molar-refractivity contribution in [3.63, 3.8) is 0 Å². The second kappa shape index (κ2) is 5.94. The van der Waals surface area contributed by atoms with Crippen molar-refractivity contribution in [2.45, 2.75) is 33.1 Å². The van der Waals surface area contributed by atoms with Crippen LogP contribution < -0.4 is 10.1 Å². The van der Waals surface area contributed by atoms with E-state index in [1.54, 1.807) is 7.11 Å². The van der Waals surface area contributed by atoms with Crippen LogP contribution in [0.5, 0.6) is 5.75 Å². The van der Waals surface area contributed by atoms with E-state index in [-0.39, 0.29) is 0 Å². The first-order chi connectivity index (χ1) is 8.63. The molecule has 1 N–H and O–H groups in total. The number of hydrogen-bond acceptors (Lipinski definition) is 2. The molecule has 0 aromatic heterocycles. The van der Waals surface area contributed by atoms with E-state index in [0.29, 0.717) is 0 Å². The van der Waals surface area contributed by atoms with Crippen molar-refractivity contribution >= 4 is 11.6 Å². The predicted octanol–water partition coefficient (Wildman–Crippen LogP) is 3.51. The van der Waals surface area contributed by atoms with Gasteiger partial charge in [0, 0.05) is 5.02 Å². The SMILES string of the molecule is COc1c(C)cc(Cl)c(CC2CCNCC2)c1C. The average Bonchev–Trinajstić information content (AvgIpc) is 2.36. The highest BCUT2D eigenvalue weighted by molar-refractivity contribution is 6.31. The van der Waals surface area contributed by atoms with Crippen molar-refractivity contribution < 1.29 is 4.74 Å². The topological polar surface area (TPSA) is 21.3 Å². The maximum Gasteiger partial charge on any atom is 0.125 e. The van der Waals surface area contributed by atoms with Gasteiger partial charge in [0.2, 0.25) is 0 Å².